The molecule has 3 N–H and O–H groups in total. The minimum atomic E-state index is -0.957. The van der Waals surface area contributed by atoms with Gasteiger partial charge in [-0.1, -0.05) is 48.5 Å². The molecule has 1 fully saturated rings. The average molecular weight is 504 g/mol. The van der Waals surface area contributed by atoms with E-state index < -0.39 is 12.4 Å². The number of hydrogen-bond donors (Lipinski definition) is 2. The van der Waals surface area contributed by atoms with Crippen LogP contribution in [0.5, 0.6) is 0 Å². The Bertz CT molecular complexity index is 973. The highest BCUT2D eigenvalue weighted by atomic mass is 35.5. The highest BCUT2D eigenvalue weighted by molar-refractivity contribution is 5.95. The maximum atomic E-state index is 12.1. The molecule has 2 aromatic carbocycles. The Morgan fingerprint density at radius 3 is 2.14 bits per heavy atom. The van der Waals surface area contributed by atoms with Crippen LogP contribution in [0.1, 0.15) is 44.2 Å². The summed E-state index contributed by atoms with van der Waals surface area (Å²) in [5.41, 5.74) is 9.70. The van der Waals surface area contributed by atoms with Crippen molar-refractivity contribution in [3.63, 3.8) is 0 Å². The summed E-state index contributed by atoms with van der Waals surface area (Å²) < 4.78 is 14.7. The Hall–Kier alpha value is -3.10. The third-order valence-corrected chi connectivity index (χ3v) is 5.87. The monoisotopic (exact) mass is 503 g/mol. The number of carbonyl (C=O) groups excluding carboxylic acids is 2. The second-order valence-corrected chi connectivity index (χ2v) is 8.47. The van der Waals surface area contributed by atoms with Crippen LogP contribution in [0.25, 0.3) is 11.1 Å². The van der Waals surface area contributed by atoms with Gasteiger partial charge in [-0.3, -0.25) is 15.1 Å². The highest BCUT2D eigenvalue weighted by Crippen LogP contribution is 2.24. The van der Waals surface area contributed by atoms with Crippen LogP contribution in [0.4, 0.5) is 4.79 Å². The van der Waals surface area contributed by atoms with Crippen LogP contribution in [-0.4, -0.2) is 48.8 Å². The number of piperidine rings is 1. The number of ether oxygens (including phenoxy) is 3. The Labute approximate surface area is 212 Å². The van der Waals surface area contributed by atoms with E-state index in [1.54, 1.807) is 6.92 Å². The molecule has 3 rings (SSSR count). The average Bonchev–Trinajstić information content (AvgIpc) is 2.81. The van der Waals surface area contributed by atoms with Crippen LogP contribution in [0.2, 0.25) is 0 Å². The maximum absolute atomic E-state index is 12.1. The van der Waals surface area contributed by atoms with E-state index in [-0.39, 0.29) is 36.7 Å². The van der Waals surface area contributed by atoms with Gasteiger partial charge in [0, 0.05) is 25.5 Å². The van der Waals surface area contributed by atoms with Gasteiger partial charge in [-0.15, -0.1) is 12.4 Å². The quantitative estimate of drug-likeness (QED) is 0.220. The number of hydrogen-bond acceptors (Lipinski definition) is 7. The van der Waals surface area contributed by atoms with Crippen molar-refractivity contribution in [2.45, 2.75) is 45.9 Å². The standard InChI is InChI=1S/C26H33N3O5.ClH/c1-3-32-26(31)34-18(2)33-24(30)16-19-12-14-29(15-13-19)17-20-4-6-21(7-5-20)22-8-10-23(11-9-22)25(27)28;/h4-11,18-19H,3,12-17H2,1-2H3,(H3,27,28);1H. The molecule has 2 aromatic rings. The molecular formula is C26H34ClN3O5. The first kappa shape index (κ1) is 28.1. The van der Waals surface area contributed by atoms with Gasteiger partial charge in [-0.25, -0.2) is 4.79 Å². The van der Waals surface area contributed by atoms with Gasteiger partial charge < -0.3 is 19.9 Å². The van der Waals surface area contributed by atoms with Crippen molar-refractivity contribution in [1.82, 2.24) is 4.90 Å². The summed E-state index contributed by atoms with van der Waals surface area (Å²) in [6, 6.07) is 16.2. The summed E-state index contributed by atoms with van der Waals surface area (Å²) in [5, 5.41) is 7.50. The molecule has 35 heavy (non-hydrogen) atoms. The van der Waals surface area contributed by atoms with E-state index in [4.69, 9.17) is 20.6 Å². The largest absolute Gasteiger partial charge is 0.511 e. The lowest BCUT2D eigenvalue weighted by atomic mass is 9.93. The molecule has 1 unspecified atom stereocenters. The molecule has 0 aromatic heterocycles. The van der Waals surface area contributed by atoms with E-state index in [1.165, 1.54) is 12.5 Å². The SMILES string of the molecule is CCOC(=O)OC(C)OC(=O)CC1CCN(Cc2ccc(-c3ccc(C(=N)N)cc3)cc2)CC1.Cl. The number of rotatable bonds is 9. The molecule has 0 aliphatic carbocycles. The van der Waals surface area contributed by atoms with Gasteiger partial charge in [0.1, 0.15) is 5.84 Å². The molecule has 0 saturated carbocycles. The summed E-state index contributed by atoms with van der Waals surface area (Å²) >= 11 is 0. The Balaban J connectivity index is 0.00000432. The molecule has 0 radical (unpaired) electrons. The zero-order valence-electron chi connectivity index (χ0n) is 20.2. The molecule has 1 aliphatic heterocycles. The fourth-order valence-corrected chi connectivity index (χ4v) is 4.03. The smallest absolute Gasteiger partial charge is 0.435 e. The minimum Gasteiger partial charge on any atom is -0.435 e. The molecule has 8 nitrogen and oxygen atoms in total. The number of carbonyl (C=O) groups is 2. The zero-order chi connectivity index (χ0) is 24.5. The van der Waals surface area contributed by atoms with Crippen LogP contribution < -0.4 is 5.73 Å². The van der Waals surface area contributed by atoms with Gasteiger partial charge >= 0.3 is 12.1 Å². The number of amidine groups is 1. The van der Waals surface area contributed by atoms with Crippen molar-refractivity contribution in [2.75, 3.05) is 19.7 Å². The third kappa shape index (κ3) is 8.88. The second-order valence-electron chi connectivity index (χ2n) is 8.47. The predicted octanol–water partition coefficient (Wildman–Crippen LogP) is 4.72. The first-order valence-corrected chi connectivity index (χ1v) is 11.6. The number of nitrogens with two attached hydrogens (primary N) is 1. The molecular weight excluding hydrogens is 470 g/mol. The van der Waals surface area contributed by atoms with Crippen molar-refractivity contribution in [1.29, 1.82) is 5.41 Å². The predicted molar refractivity (Wildman–Crippen MR) is 136 cm³/mol. The fraction of sp³-hybridized carbons (Fsp3) is 0.423. The van der Waals surface area contributed by atoms with Crippen molar-refractivity contribution in [2.24, 2.45) is 11.7 Å². The van der Waals surface area contributed by atoms with Crippen LogP contribution in [0, 0.1) is 11.3 Å². The van der Waals surface area contributed by atoms with Crippen LogP contribution in [0.3, 0.4) is 0 Å². The normalized spacial score (nSPS) is 14.9. The number of nitrogen functional groups attached to an aromatic ring is 1. The Morgan fingerprint density at radius 2 is 1.60 bits per heavy atom. The van der Waals surface area contributed by atoms with Crippen molar-refractivity contribution in [3.05, 3.63) is 59.7 Å². The number of benzene rings is 2. The summed E-state index contributed by atoms with van der Waals surface area (Å²) in [4.78, 5) is 25.8. The lowest BCUT2D eigenvalue weighted by molar-refractivity contribution is -0.169. The Morgan fingerprint density at radius 1 is 1.03 bits per heavy atom. The first-order valence-electron chi connectivity index (χ1n) is 11.6. The van der Waals surface area contributed by atoms with E-state index in [0.717, 1.165) is 49.2 Å². The fourth-order valence-electron chi connectivity index (χ4n) is 4.03. The number of nitrogens with one attached hydrogen (secondary N) is 1. The molecule has 0 spiro atoms. The summed E-state index contributed by atoms with van der Waals surface area (Å²) in [7, 11) is 0. The molecule has 0 amide bonds. The topological polar surface area (TPSA) is 115 Å². The van der Waals surface area contributed by atoms with E-state index >= 15 is 0 Å². The van der Waals surface area contributed by atoms with E-state index in [2.05, 4.69) is 33.9 Å². The third-order valence-electron chi connectivity index (χ3n) is 5.87. The molecule has 190 valence electrons. The second kappa shape index (κ2) is 13.7. The van der Waals surface area contributed by atoms with Crippen molar-refractivity contribution in [3.8, 4) is 11.1 Å². The molecule has 9 heteroatoms. The van der Waals surface area contributed by atoms with Gasteiger partial charge in [0.2, 0.25) is 6.29 Å². The van der Waals surface area contributed by atoms with Gasteiger partial charge in [-0.2, -0.15) is 0 Å². The molecule has 1 saturated heterocycles. The van der Waals surface area contributed by atoms with Crippen LogP contribution in [-0.2, 0) is 25.5 Å². The van der Waals surface area contributed by atoms with Gasteiger partial charge in [0.15, 0.2) is 0 Å². The lowest BCUT2D eigenvalue weighted by Gasteiger charge is -2.31. The van der Waals surface area contributed by atoms with Gasteiger partial charge in [0.05, 0.1) is 6.61 Å². The van der Waals surface area contributed by atoms with Gasteiger partial charge in [0.25, 0.3) is 0 Å². The van der Waals surface area contributed by atoms with Crippen LogP contribution in [0.15, 0.2) is 48.5 Å². The Kier molecular flexibility index (Phi) is 11.0. The number of esters is 1. The zero-order valence-corrected chi connectivity index (χ0v) is 21.0. The molecule has 1 aliphatic rings. The van der Waals surface area contributed by atoms with Crippen LogP contribution >= 0.6 is 12.4 Å². The molecule has 1 atom stereocenters. The number of halogens is 1. The summed E-state index contributed by atoms with van der Waals surface area (Å²) in [5.74, 6) is -0.0267. The van der Waals surface area contributed by atoms with E-state index in [0.29, 0.717) is 6.42 Å². The number of nitrogens with zero attached hydrogens (tertiary/aromatic N) is 1. The molecule has 0 bridgehead atoms. The molecule has 1 heterocycles. The highest BCUT2D eigenvalue weighted by Gasteiger charge is 2.24. The van der Waals surface area contributed by atoms with E-state index in [9.17, 15) is 9.59 Å². The number of likely N-dealkylation sites (tertiary alicyclic amines) is 1. The summed E-state index contributed by atoms with van der Waals surface area (Å²) in [6.45, 7) is 6.09. The van der Waals surface area contributed by atoms with Gasteiger partial charge in [-0.05, 0) is 55.5 Å². The van der Waals surface area contributed by atoms with E-state index in [1.807, 2.05) is 24.3 Å². The van der Waals surface area contributed by atoms with Crippen molar-refractivity contribution < 1.29 is 23.8 Å². The minimum absolute atomic E-state index is 0. The maximum Gasteiger partial charge on any atom is 0.511 e. The summed E-state index contributed by atoms with van der Waals surface area (Å²) in [6.07, 6.45) is 0.365. The first-order chi connectivity index (χ1) is 16.3. The lowest BCUT2D eigenvalue weighted by Crippen LogP contribution is -2.34. The van der Waals surface area contributed by atoms with Crippen molar-refractivity contribution >= 4 is 30.4 Å².